The summed E-state index contributed by atoms with van der Waals surface area (Å²) in [5.74, 6) is -0.895. The third kappa shape index (κ3) is 6.07. The average Bonchev–Trinajstić information content (AvgIpc) is 2.13. The van der Waals surface area contributed by atoms with Gasteiger partial charge in [0, 0.05) is 6.54 Å². The van der Waals surface area contributed by atoms with Crippen molar-refractivity contribution in [2.75, 3.05) is 25.4 Å². The SMILES string of the molecule is CCCN(CCS(=O)(=O)C(C)C)CC(=O)O. The zero-order valence-corrected chi connectivity index (χ0v) is 11.0. The summed E-state index contributed by atoms with van der Waals surface area (Å²) in [6.07, 6.45) is 0.814. The van der Waals surface area contributed by atoms with Gasteiger partial charge in [0.2, 0.25) is 0 Å². The molecule has 0 aromatic rings. The number of nitrogens with zero attached hydrogens (tertiary/aromatic N) is 1. The van der Waals surface area contributed by atoms with Crippen LogP contribution in [0.3, 0.4) is 0 Å². The van der Waals surface area contributed by atoms with Crippen molar-refractivity contribution in [3.05, 3.63) is 0 Å². The second kappa shape index (κ2) is 6.85. The van der Waals surface area contributed by atoms with Crippen LogP contribution < -0.4 is 0 Å². The minimum atomic E-state index is -3.08. The summed E-state index contributed by atoms with van der Waals surface area (Å²) >= 11 is 0. The van der Waals surface area contributed by atoms with Crippen molar-refractivity contribution in [1.29, 1.82) is 0 Å². The zero-order chi connectivity index (χ0) is 12.8. The standard InChI is InChI=1S/C10H21NO4S/c1-4-5-11(8-10(12)13)6-7-16(14,15)9(2)3/h9H,4-8H2,1-3H3,(H,12,13). The minimum absolute atomic E-state index is 0.0257. The highest BCUT2D eigenvalue weighted by Crippen LogP contribution is 2.02. The predicted octanol–water partition coefficient (Wildman–Crippen LogP) is 0.606. The summed E-state index contributed by atoms with van der Waals surface area (Å²) in [5.41, 5.74) is 0. The van der Waals surface area contributed by atoms with Gasteiger partial charge >= 0.3 is 5.97 Å². The Bertz CT molecular complexity index is 311. The van der Waals surface area contributed by atoms with Gasteiger partial charge in [0.25, 0.3) is 0 Å². The molecule has 0 radical (unpaired) electrons. The van der Waals surface area contributed by atoms with Gasteiger partial charge in [0.1, 0.15) is 0 Å². The highest BCUT2D eigenvalue weighted by atomic mass is 32.2. The van der Waals surface area contributed by atoms with Gasteiger partial charge in [-0.2, -0.15) is 0 Å². The van der Waals surface area contributed by atoms with E-state index in [0.717, 1.165) is 6.42 Å². The largest absolute Gasteiger partial charge is 0.480 e. The quantitative estimate of drug-likeness (QED) is 0.684. The van der Waals surface area contributed by atoms with E-state index >= 15 is 0 Å². The topological polar surface area (TPSA) is 74.7 Å². The van der Waals surface area contributed by atoms with Crippen LogP contribution >= 0.6 is 0 Å². The molecule has 0 heterocycles. The fourth-order valence-electron chi connectivity index (χ4n) is 1.27. The lowest BCUT2D eigenvalue weighted by molar-refractivity contribution is -0.138. The van der Waals surface area contributed by atoms with E-state index in [1.807, 2.05) is 6.92 Å². The van der Waals surface area contributed by atoms with Gasteiger partial charge in [-0.15, -0.1) is 0 Å². The van der Waals surface area contributed by atoms with E-state index in [4.69, 9.17) is 5.11 Å². The fraction of sp³-hybridized carbons (Fsp3) is 0.900. The first kappa shape index (κ1) is 15.4. The number of sulfone groups is 1. The lowest BCUT2D eigenvalue weighted by Gasteiger charge is -2.19. The number of aliphatic carboxylic acids is 1. The molecule has 0 rings (SSSR count). The minimum Gasteiger partial charge on any atom is -0.480 e. The Morgan fingerprint density at radius 1 is 1.31 bits per heavy atom. The van der Waals surface area contributed by atoms with Gasteiger partial charge in [-0.1, -0.05) is 6.92 Å². The molecule has 5 nitrogen and oxygen atoms in total. The van der Waals surface area contributed by atoms with Gasteiger partial charge in [0.15, 0.2) is 9.84 Å². The van der Waals surface area contributed by atoms with Crippen molar-refractivity contribution in [1.82, 2.24) is 4.90 Å². The Hall–Kier alpha value is -0.620. The summed E-state index contributed by atoms with van der Waals surface area (Å²) < 4.78 is 23.1. The molecule has 0 atom stereocenters. The summed E-state index contributed by atoms with van der Waals surface area (Å²) in [5, 5.41) is 8.26. The molecular formula is C10H21NO4S. The third-order valence-electron chi connectivity index (χ3n) is 2.31. The first-order valence-corrected chi connectivity index (χ1v) is 7.16. The molecule has 96 valence electrons. The molecule has 0 aliphatic heterocycles. The van der Waals surface area contributed by atoms with Crippen LogP contribution in [0, 0.1) is 0 Å². The summed E-state index contributed by atoms with van der Waals surface area (Å²) in [7, 11) is -3.08. The average molecular weight is 251 g/mol. The van der Waals surface area contributed by atoms with Crippen molar-refractivity contribution >= 4 is 15.8 Å². The summed E-state index contributed by atoms with van der Waals surface area (Å²) in [4.78, 5) is 12.2. The molecule has 16 heavy (non-hydrogen) atoms. The lowest BCUT2D eigenvalue weighted by atomic mass is 10.4. The van der Waals surface area contributed by atoms with Gasteiger partial charge in [0.05, 0.1) is 17.5 Å². The molecule has 6 heteroatoms. The molecule has 0 unspecified atom stereocenters. The van der Waals surface area contributed by atoms with Gasteiger partial charge in [-0.05, 0) is 26.8 Å². The van der Waals surface area contributed by atoms with Crippen LogP contribution in [0.4, 0.5) is 0 Å². The van der Waals surface area contributed by atoms with Crippen LogP contribution in [0.25, 0.3) is 0 Å². The molecule has 0 spiro atoms. The highest BCUT2D eigenvalue weighted by molar-refractivity contribution is 7.92. The predicted molar refractivity (Wildman–Crippen MR) is 63.3 cm³/mol. The van der Waals surface area contributed by atoms with E-state index in [0.29, 0.717) is 13.1 Å². The molecule has 0 amide bonds. The number of rotatable bonds is 8. The molecule has 0 aromatic heterocycles. The van der Waals surface area contributed by atoms with Crippen molar-refractivity contribution < 1.29 is 18.3 Å². The number of hydrogen-bond acceptors (Lipinski definition) is 4. The van der Waals surface area contributed by atoms with E-state index in [1.165, 1.54) is 0 Å². The Labute approximate surface area is 97.4 Å². The third-order valence-corrected chi connectivity index (χ3v) is 4.50. The van der Waals surface area contributed by atoms with E-state index in [-0.39, 0.29) is 12.3 Å². The molecule has 0 saturated carbocycles. The van der Waals surface area contributed by atoms with E-state index in [9.17, 15) is 13.2 Å². The Balaban J connectivity index is 4.26. The van der Waals surface area contributed by atoms with Crippen LogP contribution in [0.1, 0.15) is 27.2 Å². The maximum atomic E-state index is 11.6. The van der Waals surface area contributed by atoms with Gasteiger partial charge in [-0.25, -0.2) is 8.42 Å². The molecule has 0 bridgehead atoms. The van der Waals surface area contributed by atoms with Crippen LogP contribution in [0.2, 0.25) is 0 Å². The molecule has 0 aliphatic carbocycles. The first-order valence-electron chi connectivity index (χ1n) is 5.45. The Kier molecular flexibility index (Phi) is 6.59. The molecule has 0 aromatic carbocycles. The second-order valence-corrected chi connectivity index (χ2v) is 6.76. The molecule has 0 aliphatic rings. The number of carboxylic acids is 1. The zero-order valence-electron chi connectivity index (χ0n) is 10.1. The number of carboxylic acid groups (broad SMARTS) is 1. The van der Waals surface area contributed by atoms with E-state index in [2.05, 4.69) is 0 Å². The van der Waals surface area contributed by atoms with E-state index < -0.39 is 21.1 Å². The van der Waals surface area contributed by atoms with Gasteiger partial charge in [-0.3, -0.25) is 9.69 Å². The van der Waals surface area contributed by atoms with Crippen molar-refractivity contribution in [2.45, 2.75) is 32.4 Å². The van der Waals surface area contributed by atoms with E-state index in [1.54, 1.807) is 18.7 Å². The molecule has 0 saturated heterocycles. The second-order valence-electron chi connectivity index (χ2n) is 4.09. The molecule has 0 fully saturated rings. The fourth-order valence-corrected chi connectivity index (χ4v) is 2.25. The van der Waals surface area contributed by atoms with Crippen LogP contribution in [0.15, 0.2) is 0 Å². The Morgan fingerprint density at radius 3 is 2.25 bits per heavy atom. The van der Waals surface area contributed by atoms with Crippen molar-refractivity contribution in [3.8, 4) is 0 Å². The van der Waals surface area contributed by atoms with Crippen molar-refractivity contribution in [2.24, 2.45) is 0 Å². The maximum Gasteiger partial charge on any atom is 0.317 e. The van der Waals surface area contributed by atoms with Crippen LogP contribution in [-0.2, 0) is 14.6 Å². The lowest BCUT2D eigenvalue weighted by Crippen LogP contribution is -2.35. The summed E-state index contributed by atoms with van der Waals surface area (Å²) in [6.45, 7) is 6.02. The molecule has 1 N–H and O–H groups in total. The first-order chi connectivity index (χ1) is 7.29. The number of carbonyl (C=O) groups is 1. The monoisotopic (exact) mass is 251 g/mol. The maximum absolute atomic E-state index is 11.6. The van der Waals surface area contributed by atoms with Crippen molar-refractivity contribution in [3.63, 3.8) is 0 Å². The van der Waals surface area contributed by atoms with Gasteiger partial charge < -0.3 is 5.11 Å². The Morgan fingerprint density at radius 2 is 1.88 bits per heavy atom. The summed E-state index contributed by atoms with van der Waals surface area (Å²) in [6, 6.07) is 0. The molecular weight excluding hydrogens is 230 g/mol. The smallest absolute Gasteiger partial charge is 0.317 e. The number of hydrogen-bond donors (Lipinski definition) is 1. The van der Waals surface area contributed by atoms with Crippen LogP contribution in [0.5, 0.6) is 0 Å². The highest BCUT2D eigenvalue weighted by Gasteiger charge is 2.18. The normalized spacial score (nSPS) is 12.3. The van der Waals surface area contributed by atoms with Crippen LogP contribution in [-0.4, -0.2) is 55.0 Å².